The zero-order valence-electron chi connectivity index (χ0n) is 13.4. The number of carboxylic acid groups (broad SMARTS) is 1. The minimum atomic E-state index is -0.941. The van der Waals surface area contributed by atoms with E-state index in [0.29, 0.717) is 0 Å². The van der Waals surface area contributed by atoms with Crippen LogP contribution < -0.4 is 5.32 Å². The fourth-order valence-electron chi connectivity index (χ4n) is 2.01. The molecule has 0 saturated heterocycles. The molecule has 1 aromatic rings. The minimum Gasteiger partial charge on any atom is -0.480 e. The summed E-state index contributed by atoms with van der Waals surface area (Å²) in [7, 11) is 0. The van der Waals surface area contributed by atoms with Crippen molar-refractivity contribution in [2.45, 2.75) is 40.2 Å². The van der Waals surface area contributed by atoms with Gasteiger partial charge in [-0.05, 0) is 46.2 Å². The second-order valence-electron chi connectivity index (χ2n) is 6.29. The molecule has 1 amide bonds. The average Bonchev–Trinajstić information content (AvgIpc) is 2.30. The molecule has 0 atom stereocenters. The van der Waals surface area contributed by atoms with Crippen molar-refractivity contribution in [3.63, 3.8) is 0 Å². The quantitative estimate of drug-likeness (QED) is 0.874. The summed E-state index contributed by atoms with van der Waals surface area (Å²) < 4.78 is 0. The fourth-order valence-corrected chi connectivity index (χ4v) is 2.01. The lowest BCUT2D eigenvalue weighted by Gasteiger charge is -2.33. The van der Waals surface area contributed by atoms with Gasteiger partial charge in [-0.3, -0.25) is 14.5 Å². The summed E-state index contributed by atoms with van der Waals surface area (Å²) in [5.41, 5.74) is 2.49. The monoisotopic (exact) mass is 292 g/mol. The molecular formula is C16H24N2O3. The number of carbonyl (C=O) groups excluding carboxylic acids is 1. The van der Waals surface area contributed by atoms with Gasteiger partial charge in [0, 0.05) is 11.2 Å². The molecule has 1 rings (SSSR count). The SMILES string of the molecule is Cc1ccc(NC(=O)CN(CC(=O)O)C(C)(C)C)c(C)c1. The van der Waals surface area contributed by atoms with E-state index < -0.39 is 11.5 Å². The molecule has 0 bridgehead atoms. The van der Waals surface area contributed by atoms with Crippen molar-refractivity contribution in [3.8, 4) is 0 Å². The Bertz CT molecular complexity index is 533. The van der Waals surface area contributed by atoms with Gasteiger partial charge in [0.2, 0.25) is 5.91 Å². The van der Waals surface area contributed by atoms with E-state index in [1.54, 1.807) is 4.90 Å². The van der Waals surface area contributed by atoms with Crippen LogP contribution in [0.1, 0.15) is 31.9 Å². The van der Waals surface area contributed by atoms with Crippen LogP contribution in [0.2, 0.25) is 0 Å². The van der Waals surface area contributed by atoms with E-state index in [4.69, 9.17) is 5.11 Å². The maximum absolute atomic E-state index is 12.1. The number of nitrogens with zero attached hydrogens (tertiary/aromatic N) is 1. The Kier molecular flexibility index (Phi) is 5.49. The Labute approximate surface area is 126 Å². The topological polar surface area (TPSA) is 69.6 Å². The van der Waals surface area contributed by atoms with Crippen LogP contribution in [0.15, 0.2) is 18.2 Å². The standard InChI is InChI=1S/C16H24N2O3/c1-11-6-7-13(12(2)8-11)17-14(19)9-18(10-15(20)21)16(3,4)5/h6-8H,9-10H2,1-5H3,(H,17,19)(H,20,21). The molecule has 116 valence electrons. The van der Waals surface area contributed by atoms with Crippen LogP contribution in [0.5, 0.6) is 0 Å². The number of nitrogens with one attached hydrogen (secondary N) is 1. The highest BCUT2D eigenvalue weighted by atomic mass is 16.4. The van der Waals surface area contributed by atoms with Crippen molar-refractivity contribution in [3.05, 3.63) is 29.3 Å². The highest BCUT2D eigenvalue weighted by Gasteiger charge is 2.25. The Balaban J connectivity index is 2.76. The molecule has 5 nitrogen and oxygen atoms in total. The number of rotatable bonds is 5. The van der Waals surface area contributed by atoms with Crippen molar-refractivity contribution < 1.29 is 14.7 Å². The molecule has 0 aliphatic carbocycles. The van der Waals surface area contributed by atoms with Gasteiger partial charge in [0.05, 0.1) is 13.1 Å². The molecule has 0 aliphatic heterocycles. The van der Waals surface area contributed by atoms with Gasteiger partial charge in [-0.25, -0.2) is 0 Å². The predicted octanol–water partition coefficient (Wildman–Crippen LogP) is 2.43. The Morgan fingerprint density at radius 1 is 1.19 bits per heavy atom. The molecule has 0 aromatic heterocycles. The molecule has 0 saturated carbocycles. The minimum absolute atomic E-state index is 0.0448. The zero-order valence-corrected chi connectivity index (χ0v) is 13.4. The molecule has 0 unspecified atom stereocenters. The first kappa shape index (κ1) is 17.2. The molecular weight excluding hydrogens is 268 g/mol. The maximum atomic E-state index is 12.1. The number of hydrogen-bond donors (Lipinski definition) is 2. The summed E-state index contributed by atoms with van der Waals surface area (Å²) in [5.74, 6) is -1.15. The van der Waals surface area contributed by atoms with Crippen molar-refractivity contribution in [2.75, 3.05) is 18.4 Å². The van der Waals surface area contributed by atoms with Crippen molar-refractivity contribution in [1.82, 2.24) is 4.90 Å². The van der Waals surface area contributed by atoms with E-state index in [1.165, 1.54) is 0 Å². The number of benzene rings is 1. The molecule has 2 N–H and O–H groups in total. The van der Waals surface area contributed by atoms with Crippen LogP contribution in [0, 0.1) is 13.8 Å². The number of hydrogen-bond acceptors (Lipinski definition) is 3. The maximum Gasteiger partial charge on any atom is 0.317 e. The lowest BCUT2D eigenvalue weighted by Crippen LogP contribution is -2.48. The van der Waals surface area contributed by atoms with Crippen molar-refractivity contribution in [2.24, 2.45) is 0 Å². The Morgan fingerprint density at radius 2 is 1.81 bits per heavy atom. The van der Waals surface area contributed by atoms with Gasteiger partial charge in [0.25, 0.3) is 0 Å². The second kappa shape index (κ2) is 6.72. The first-order chi connectivity index (χ1) is 9.59. The third-order valence-corrected chi connectivity index (χ3v) is 3.27. The summed E-state index contributed by atoms with van der Waals surface area (Å²) in [6, 6.07) is 5.79. The van der Waals surface area contributed by atoms with Gasteiger partial charge in [-0.1, -0.05) is 17.7 Å². The number of aryl methyl sites for hydroxylation is 2. The Morgan fingerprint density at radius 3 is 2.29 bits per heavy atom. The lowest BCUT2D eigenvalue weighted by molar-refractivity contribution is -0.140. The third kappa shape index (κ3) is 5.55. The molecule has 0 fully saturated rings. The van der Waals surface area contributed by atoms with E-state index in [0.717, 1.165) is 16.8 Å². The van der Waals surface area contributed by atoms with Crippen molar-refractivity contribution in [1.29, 1.82) is 0 Å². The predicted molar refractivity (Wildman–Crippen MR) is 83.5 cm³/mol. The van der Waals surface area contributed by atoms with Crippen LogP contribution in [0.25, 0.3) is 0 Å². The van der Waals surface area contributed by atoms with Gasteiger partial charge in [-0.2, -0.15) is 0 Å². The summed E-state index contributed by atoms with van der Waals surface area (Å²) in [6.45, 7) is 9.47. The van der Waals surface area contributed by atoms with Crippen LogP contribution in [-0.2, 0) is 9.59 Å². The number of amides is 1. The van der Waals surface area contributed by atoms with Crippen LogP contribution in [-0.4, -0.2) is 40.5 Å². The van der Waals surface area contributed by atoms with Crippen LogP contribution in [0.3, 0.4) is 0 Å². The molecule has 1 aromatic carbocycles. The largest absolute Gasteiger partial charge is 0.480 e. The third-order valence-electron chi connectivity index (χ3n) is 3.27. The first-order valence-corrected chi connectivity index (χ1v) is 6.93. The number of carboxylic acids is 1. The van der Waals surface area contributed by atoms with Crippen molar-refractivity contribution >= 4 is 17.6 Å². The fraction of sp³-hybridized carbons (Fsp3) is 0.500. The summed E-state index contributed by atoms with van der Waals surface area (Å²) >= 11 is 0. The molecule has 0 spiro atoms. The molecule has 0 aliphatic rings. The lowest BCUT2D eigenvalue weighted by atomic mass is 10.1. The molecule has 0 heterocycles. The smallest absolute Gasteiger partial charge is 0.317 e. The first-order valence-electron chi connectivity index (χ1n) is 6.93. The highest BCUT2D eigenvalue weighted by molar-refractivity contribution is 5.93. The van der Waals surface area contributed by atoms with Gasteiger partial charge in [0.15, 0.2) is 0 Å². The molecule has 5 heteroatoms. The van der Waals surface area contributed by atoms with Crippen LogP contribution in [0.4, 0.5) is 5.69 Å². The molecule has 21 heavy (non-hydrogen) atoms. The van der Waals surface area contributed by atoms with E-state index in [2.05, 4.69) is 5.32 Å². The summed E-state index contributed by atoms with van der Waals surface area (Å²) in [5, 5.41) is 11.8. The van der Waals surface area contributed by atoms with Gasteiger partial charge >= 0.3 is 5.97 Å². The van der Waals surface area contributed by atoms with E-state index in [1.807, 2.05) is 52.8 Å². The second-order valence-corrected chi connectivity index (χ2v) is 6.29. The number of carbonyl (C=O) groups is 2. The molecule has 0 radical (unpaired) electrons. The average molecular weight is 292 g/mol. The summed E-state index contributed by atoms with van der Waals surface area (Å²) in [4.78, 5) is 24.7. The summed E-state index contributed by atoms with van der Waals surface area (Å²) in [6.07, 6.45) is 0. The normalized spacial score (nSPS) is 11.5. The zero-order chi connectivity index (χ0) is 16.2. The Hall–Kier alpha value is -1.88. The van der Waals surface area contributed by atoms with E-state index in [9.17, 15) is 9.59 Å². The van der Waals surface area contributed by atoms with E-state index >= 15 is 0 Å². The van der Waals surface area contributed by atoms with Gasteiger partial charge in [0.1, 0.15) is 0 Å². The highest BCUT2D eigenvalue weighted by Crippen LogP contribution is 2.17. The number of anilines is 1. The van der Waals surface area contributed by atoms with Gasteiger partial charge in [-0.15, -0.1) is 0 Å². The van der Waals surface area contributed by atoms with Gasteiger partial charge < -0.3 is 10.4 Å². The number of aliphatic carboxylic acids is 1. The van der Waals surface area contributed by atoms with E-state index in [-0.39, 0.29) is 19.0 Å². The van der Waals surface area contributed by atoms with Crippen LogP contribution >= 0.6 is 0 Å².